The summed E-state index contributed by atoms with van der Waals surface area (Å²) in [5.74, 6) is 0.277. The smallest absolute Gasteiger partial charge is 0.313 e. The zero-order chi connectivity index (χ0) is 18.5. The van der Waals surface area contributed by atoms with Gasteiger partial charge in [-0.15, -0.1) is 0 Å². The number of rotatable bonds is 5. The molecule has 0 radical (unpaired) electrons. The van der Waals surface area contributed by atoms with Crippen LogP contribution in [0.1, 0.15) is 15.2 Å². The van der Waals surface area contributed by atoms with Crippen LogP contribution in [-0.4, -0.2) is 23.8 Å². The summed E-state index contributed by atoms with van der Waals surface area (Å²) in [6.45, 7) is 0. The van der Waals surface area contributed by atoms with Crippen LogP contribution in [0.5, 0.6) is 5.75 Å². The number of amides is 1. The molecule has 0 bridgehead atoms. The number of hydrogen-bond donors (Lipinski definition) is 1. The summed E-state index contributed by atoms with van der Waals surface area (Å²) in [6.07, 6.45) is 1.36. The van der Waals surface area contributed by atoms with E-state index in [4.69, 9.17) is 16.3 Å². The third kappa shape index (κ3) is 3.84. The summed E-state index contributed by atoms with van der Waals surface area (Å²) in [5, 5.41) is 4.13. The molecule has 0 aliphatic rings. The zero-order valence-corrected chi connectivity index (χ0v) is 15.3. The Morgan fingerprint density at radius 3 is 2.54 bits per heavy atom. The number of halogens is 1. The highest BCUT2D eigenvalue weighted by atomic mass is 35.5. The Balaban J connectivity index is 1.75. The molecule has 3 rings (SSSR count). The minimum Gasteiger partial charge on any atom is -0.497 e. The lowest BCUT2D eigenvalue weighted by Crippen LogP contribution is -2.17. The Labute approximate surface area is 158 Å². The number of thiazole rings is 1. The number of hydrogen-bond acceptors (Lipinski definition) is 5. The molecule has 0 unspecified atom stereocenters. The fourth-order valence-electron chi connectivity index (χ4n) is 2.20. The van der Waals surface area contributed by atoms with Gasteiger partial charge in [-0.25, -0.2) is 5.43 Å². The lowest BCUT2D eigenvalue weighted by molar-refractivity contribution is 0.0955. The van der Waals surface area contributed by atoms with Crippen LogP contribution in [0.4, 0.5) is 0 Å². The third-order valence-electron chi connectivity index (χ3n) is 3.49. The van der Waals surface area contributed by atoms with Gasteiger partial charge in [-0.1, -0.05) is 41.1 Å². The van der Waals surface area contributed by atoms with E-state index in [1.165, 1.54) is 10.8 Å². The number of hydrazone groups is 1. The predicted molar refractivity (Wildman–Crippen MR) is 103 cm³/mol. The number of para-hydroxylation sites is 1. The molecular formula is C18H14ClN3O3S. The Hall–Kier alpha value is -2.90. The molecule has 1 heterocycles. The van der Waals surface area contributed by atoms with Crippen molar-refractivity contribution in [1.29, 1.82) is 0 Å². The second kappa shape index (κ2) is 7.99. The van der Waals surface area contributed by atoms with Gasteiger partial charge in [0.1, 0.15) is 10.9 Å². The largest absolute Gasteiger partial charge is 0.497 e. The first kappa shape index (κ1) is 17.9. The van der Waals surface area contributed by atoms with Crippen LogP contribution >= 0.6 is 22.9 Å². The van der Waals surface area contributed by atoms with Gasteiger partial charge >= 0.3 is 4.87 Å². The fraction of sp³-hybridized carbons (Fsp3) is 0.0556. The number of nitrogens with one attached hydrogen (secondary N) is 1. The number of carbonyl (C=O) groups excluding carboxylic acids is 1. The van der Waals surface area contributed by atoms with Gasteiger partial charge in [-0.2, -0.15) is 5.10 Å². The number of carbonyl (C=O) groups is 1. The lowest BCUT2D eigenvalue weighted by atomic mass is 10.2. The summed E-state index contributed by atoms with van der Waals surface area (Å²) in [7, 11) is 1.55. The van der Waals surface area contributed by atoms with E-state index < -0.39 is 0 Å². The number of methoxy groups -OCH3 is 1. The number of aromatic nitrogens is 1. The quantitative estimate of drug-likeness (QED) is 0.539. The van der Waals surface area contributed by atoms with Gasteiger partial charge in [0.2, 0.25) is 0 Å². The standard InChI is InChI=1S/C18H14ClN3O3S/c1-25-14-9-7-12(8-10-14)17(23)21-20-11-15-16(19)22(18(24)26-15)13-5-3-2-4-6-13/h2-11H,1H3,(H,21,23). The fourth-order valence-corrected chi connectivity index (χ4v) is 3.35. The second-order valence-corrected chi connectivity index (χ2v) is 6.47. The molecule has 0 saturated heterocycles. The van der Waals surface area contributed by atoms with Crippen molar-refractivity contribution in [3.05, 3.63) is 79.9 Å². The van der Waals surface area contributed by atoms with Crippen molar-refractivity contribution in [3.63, 3.8) is 0 Å². The Morgan fingerprint density at radius 1 is 1.19 bits per heavy atom. The van der Waals surface area contributed by atoms with Gasteiger partial charge in [0.05, 0.1) is 23.9 Å². The Morgan fingerprint density at radius 2 is 1.88 bits per heavy atom. The molecule has 6 nitrogen and oxygen atoms in total. The molecule has 0 fully saturated rings. The van der Waals surface area contributed by atoms with Gasteiger partial charge in [0, 0.05) is 5.56 Å². The SMILES string of the molecule is COc1ccc(C(=O)NN=Cc2sc(=O)n(-c3ccccc3)c2Cl)cc1. The van der Waals surface area contributed by atoms with Crippen LogP contribution in [-0.2, 0) is 0 Å². The molecule has 2 aromatic carbocycles. The molecule has 0 aliphatic heterocycles. The van der Waals surface area contributed by atoms with E-state index in [1.807, 2.05) is 18.2 Å². The third-order valence-corrected chi connectivity index (χ3v) is 4.85. The average molecular weight is 388 g/mol. The van der Waals surface area contributed by atoms with Crippen LogP contribution in [0, 0.1) is 0 Å². The van der Waals surface area contributed by atoms with Crippen molar-refractivity contribution in [3.8, 4) is 11.4 Å². The molecule has 0 spiro atoms. The number of benzene rings is 2. The summed E-state index contributed by atoms with van der Waals surface area (Å²) < 4.78 is 6.43. The maximum atomic E-state index is 12.2. The van der Waals surface area contributed by atoms with Gasteiger partial charge in [-0.05, 0) is 36.4 Å². The maximum absolute atomic E-state index is 12.2. The molecule has 0 saturated carbocycles. The molecule has 8 heteroatoms. The molecular weight excluding hydrogens is 374 g/mol. The van der Waals surface area contributed by atoms with Gasteiger partial charge in [0.25, 0.3) is 5.91 Å². The number of ether oxygens (including phenoxy) is 1. The van der Waals surface area contributed by atoms with Crippen molar-refractivity contribution < 1.29 is 9.53 Å². The summed E-state index contributed by atoms with van der Waals surface area (Å²) in [6, 6.07) is 15.7. The van der Waals surface area contributed by atoms with Crippen LogP contribution in [0.2, 0.25) is 5.15 Å². The first-order valence-electron chi connectivity index (χ1n) is 7.54. The van der Waals surface area contributed by atoms with Crippen LogP contribution in [0.25, 0.3) is 5.69 Å². The summed E-state index contributed by atoms with van der Waals surface area (Å²) in [4.78, 5) is 24.4. The van der Waals surface area contributed by atoms with E-state index in [-0.39, 0.29) is 15.9 Å². The maximum Gasteiger partial charge on any atom is 0.313 e. The number of nitrogens with zero attached hydrogens (tertiary/aromatic N) is 2. The van der Waals surface area contributed by atoms with Crippen LogP contribution in [0.15, 0.2) is 64.5 Å². The monoisotopic (exact) mass is 387 g/mol. The van der Waals surface area contributed by atoms with Gasteiger partial charge < -0.3 is 4.74 Å². The van der Waals surface area contributed by atoms with Gasteiger partial charge in [0.15, 0.2) is 0 Å². The summed E-state index contributed by atoms with van der Waals surface area (Å²) in [5.41, 5.74) is 3.51. The Bertz CT molecular complexity index is 995. The van der Waals surface area contributed by atoms with Crippen molar-refractivity contribution in [2.75, 3.05) is 7.11 Å². The molecule has 1 aromatic heterocycles. The second-order valence-electron chi connectivity index (χ2n) is 5.12. The van der Waals surface area contributed by atoms with Crippen molar-refractivity contribution in [1.82, 2.24) is 9.99 Å². The summed E-state index contributed by atoms with van der Waals surface area (Å²) >= 11 is 7.23. The van der Waals surface area contributed by atoms with E-state index in [2.05, 4.69) is 10.5 Å². The highest BCUT2D eigenvalue weighted by Crippen LogP contribution is 2.21. The molecule has 132 valence electrons. The lowest BCUT2D eigenvalue weighted by Gasteiger charge is -2.02. The molecule has 1 N–H and O–H groups in total. The van der Waals surface area contributed by atoms with Crippen molar-refractivity contribution >= 4 is 35.1 Å². The van der Waals surface area contributed by atoms with E-state index >= 15 is 0 Å². The first-order chi connectivity index (χ1) is 12.6. The minimum absolute atomic E-state index is 0.232. The van der Waals surface area contributed by atoms with Crippen molar-refractivity contribution in [2.24, 2.45) is 5.10 Å². The topological polar surface area (TPSA) is 72.7 Å². The van der Waals surface area contributed by atoms with E-state index in [9.17, 15) is 9.59 Å². The first-order valence-corrected chi connectivity index (χ1v) is 8.74. The average Bonchev–Trinajstić information content (AvgIpc) is 2.96. The molecule has 0 aliphatic carbocycles. The van der Waals surface area contributed by atoms with Crippen LogP contribution in [0.3, 0.4) is 0 Å². The predicted octanol–water partition coefficient (Wildman–Crippen LogP) is 3.32. The van der Waals surface area contributed by atoms with E-state index in [0.29, 0.717) is 21.9 Å². The minimum atomic E-state index is -0.380. The molecule has 26 heavy (non-hydrogen) atoms. The molecule has 0 atom stereocenters. The highest BCUT2D eigenvalue weighted by Gasteiger charge is 2.13. The van der Waals surface area contributed by atoms with Crippen LogP contribution < -0.4 is 15.0 Å². The van der Waals surface area contributed by atoms with Gasteiger partial charge in [-0.3, -0.25) is 14.2 Å². The normalized spacial score (nSPS) is 10.8. The zero-order valence-electron chi connectivity index (χ0n) is 13.7. The Kier molecular flexibility index (Phi) is 5.50. The van der Waals surface area contributed by atoms with Crippen molar-refractivity contribution in [2.45, 2.75) is 0 Å². The highest BCUT2D eigenvalue weighted by molar-refractivity contribution is 7.11. The van der Waals surface area contributed by atoms with E-state index in [0.717, 1.165) is 11.3 Å². The van der Waals surface area contributed by atoms with E-state index in [1.54, 1.807) is 43.5 Å². The molecule has 3 aromatic rings. The molecule has 1 amide bonds.